The highest BCUT2D eigenvalue weighted by molar-refractivity contribution is 5.83. The van der Waals surface area contributed by atoms with Crippen molar-refractivity contribution in [2.75, 3.05) is 13.7 Å². The van der Waals surface area contributed by atoms with E-state index in [4.69, 9.17) is 9.47 Å². The molecule has 0 saturated carbocycles. The number of pyridine rings is 1. The zero-order valence-electron chi connectivity index (χ0n) is 12.8. The number of hydrogen-bond acceptors (Lipinski definition) is 4. The number of hydrogen-bond donors (Lipinski definition) is 2. The monoisotopic (exact) mass is 307 g/mol. The summed E-state index contributed by atoms with van der Waals surface area (Å²) in [6.45, 7) is 2.33. The largest absolute Gasteiger partial charge is 0.497 e. The van der Waals surface area contributed by atoms with Gasteiger partial charge in [0.2, 0.25) is 5.56 Å². The van der Waals surface area contributed by atoms with Crippen molar-refractivity contribution < 1.29 is 19.4 Å². The Balaban J connectivity index is 2.48. The summed E-state index contributed by atoms with van der Waals surface area (Å²) in [6.07, 6.45) is 4.87. The van der Waals surface area contributed by atoms with Gasteiger partial charge < -0.3 is 19.6 Å². The number of carbonyl (C=O) groups is 1. The number of fused-ring (bicyclic) bond motifs is 1. The summed E-state index contributed by atoms with van der Waals surface area (Å²) in [6, 6.07) is 3.01. The van der Waals surface area contributed by atoms with Crippen molar-refractivity contribution in [3.8, 4) is 0 Å². The molecule has 0 spiro atoms. The Labute approximate surface area is 128 Å². The first-order valence-corrected chi connectivity index (χ1v) is 7.41. The third-order valence-electron chi connectivity index (χ3n) is 3.80. The number of methoxy groups -OCH3 is 1. The number of ether oxygens (including phenoxy) is 2. The van der Waals surface area contributed by atoms with Crippen molar-refractivity contribution in [2.24, 2.45) is 0 Å². The van der Waals surface area contributed by atoms with Crippen LogP contribution >= 0.6 is 0 Å². The molecule has 2 rings (SSSR count). The van der Waals surface area contributed by atoms with E-state index in [1.807, 2.05) is 0 Å². The van der Waals surface area contributed by atoms with Crippen molar-refractivity contribution in [3.05, 3.63) is 45.6 Å². The number of rotatable bonds is 7. The van der Waals surface area contributed by atoms with Gasteiger partial charge in [-0.3, -0.25) is 4.79 Å². The maximum atomic E-state index is 12.0. The summed E-state index contributed by atoms with van der Waals surface area (Å²) in [5.41, 5.74) is -1.17. The summed E-state index contributed by atoms with van der Waals surface area (Å²) in [7, 11) is 1.41. The number of nitrogens with one attached hydrogen (secondary N) is 1. The van der Waals surface area contributed by atoms with Gasteiger partial charge in [0.25, 0.3) is 5.60 Å². The number of aromatic amines is 1. The summed E-state index contributed by atoms with van der Waals surface area (Å²) in [5, 5.41) is 9.82. The third kappa shape index (κ3) is 2.78. The van der Waals surface area contributed by atoms with Crippen LogP contribution in [-0.4, -0.2) is 29.8 Å². The normalized spacial score (nSPS) is 20.2. The molecule has 0 bridgehead atoms. The van der Waals surface area contributed by atoms with Crippen LogP contribution in [0, 0.1) is 0 Å². The molecule has 2 N–H and O–H groups in total. The fourth-order valence-electron chi connectivity index (χ4n) is 2.68. The molecule has 1 aliphatic rings. The number of allylic oxidation sites excluding steroid dienone is 1. The minimum absolute atomic E-state index is 0.200. The molecule has 0 radical (unpaired) electrons. The SMILES string of the molecule is CCCCCOC1(C(=O)O)C(OC)=CCc2ccc(=O)[nH]c21. The van der Waals surface area contributed by atoms with Gasteiger partial charge in [-0.1, -0.05) is 25.8 Å². The van der Waals surface area contributed by atoms with E-state index in [1.54, 1.807) is 12.1 Å². The summed E-state index contributed by atoms with van der Waals surface area (Å²) in [5.74, 6) is -0.995. The highest BCUT2D eigenvalue weighted by Gasteiger charge is 2.51. The second-order valence-corrected chi connectivity index (χ2v) is 5.24. The van der Waals surface area contributed by atoms with E-state index in [0.29, 0.717) is 6.42 Å². The van der Waals surface area contributed by atoms with Crippen molar-refractivity contribution >= 4 is 5.97 Å². The first-order valence-electron chi connectivity index (χ1n) is 7.41. The van der Waals surface area contributed by atoms with Crippen LogP contribution in [0.25, 0.3) is 0 Å². The Morgan fingerprint density at radius 3 is 2.82 bits per heavy atom. The molecule has 120 valence electrons. The van der Waals surface area contributed by atoms with Gasteiger partial charge in [-0.15, -0.1) is 0 Å². The molecule has 1 heterocycles. The lowest BCUT2D eigenvalue weighted by Gasteiger charge is -2.34. The van der Waals surface area contributed by atoms with Crippen LogP contribution < -0.4 is 5.56 Å². The van der Waals surface area contributed by atoms with Crippen LogP contribution in [0.3, 0.4) is 0 Å². The van der Waals surface area contributed by atoms with Crippen molar-refractivity contribution in [1.82, 2.24) is 4.98 Å². The first-order chi connectivity index (χ1) is 10.6. The number of unbranched alkanes of at least 4 members (excludes halogenated alkanes) is 2. The minimum atomic E-state index is -1.78. The summed E-state index contributed by atoms with van der Waals surface area (Å²) < 4.78 is 11.0. The number of aromatic nitrogens is 1. The zero-order chi connectivity index (χ0) is 16.2. The topological polar surface area (TPSA) is 88.6 Å². The number of H-pyrrole nitrogens is 1. The van der Waals surface area contributed by atoms with Gasteiger partial charge in [0.15, 0.2) is 0 Å². The fourth-order valence-corrected chi connectivity index (χ4v) is 2.68. The molecule has 0 fully saturated rings. The maximum Gasteiger partial charge on any atom is 0.350 e. The summed E-state index contributed by atoms with van der Waals surface area (Å²) in [4.78, 5) is 26.3. The predicted octanol–water partition coefficient (Wildman–Crippen LogP) is 1.95. The first kappa shape index (κ1) is 16.3. The van der Waals surface area contributed by atoms with E-state index in [0.717, 1.165) is 24.8 Å². The quantitative estimate of drug-likeness (QED) is 0.752. The lowest BCUT2D eigenvalue weighted by Crippen LogP contribution is -2.45. The van der Waals surface area contributed by atoms with Gasteiger partial charge in [-0.2, -0.15) is 0 Å². The molecule has 1 unspecified atom stereocenters. The van der Waals surface area contributed by atoms with Crippen molar-refractivity contribution in [1.29, 1.82) is 0 Å². The van der Waals surface area contributed by atoms with Crippen molar-refractivity contribution in [3.63, 3.8) is 0 Å². The molecular formula is C16H21NO5. The van der Waals surface area contributed by atoms with Crippen LogP contribution in [0.1, 0.15) is 37.4 Å². The maximum absolute atomic E-state index is 12.0. The lowest BCUT2D eigenvalue weighted by atomic mass is 9.86. The molecule has 0 amide bonds. The standard InChI is InChI=1S/C16H21NO5/c1-3-4-5-10-22-16(15(19)20)12(21-2)8-6-11-7-9-13(18)17-14(11)16/h7-9H,3-6,10H2,1-2H3,(H,17,18)(H,19,20). The van der Waals surface area contributed by atoms with Gasteiger partial charge in [-0.25, -0.2) is 4.79 Å². The third-order valence-corrected chi connectivity index (χ3v) is 3.80. The second-order valence-electron chi connectivity index (χ2n) is 5.24. The minimum Gasteiger partial charge on any atom is -0.497 e. The summed E-state index contributed by atoms with van der Waals surface area (Å²) >= 11 is 0. The van der Waals surface area contributed by atoms with Gasteiger partial charge in [0.1, 0.15) is 5.76 Å². The zero-order valence-corrected chi connectivity index (χ0v) is 12.8. The van der Waals surface area contributed by atoms with E-state index in [2.05, 4.69) is 11.9 Å². The predicted molar refractivity (Wildman–Crippen MR) is 80.6 cm³/mol. The molecule has 1 aromatic rings. The highest BCUT2D eigenvalue weighted by Crippen LogP contribution is 2.39. The van der Waals surface area contributed by atoms with Crippen LogP contribution in [0.5, 0.6) is 0 Å². The number of carboxylic acids is 1. The van der Waals surface area contributed by atoms with Crippen LogP contribution in [0.15, 0.2) is 28.8 Å². The van der Waals surface area contributed by atoms with E-state index >= 15 is 0 Å². The molecule has 0 saturated heterocycles. The highest BCUT2D eigenvalue weighted by atomic mass is 16.6. The smallest absolute Gasteiger partial charge is 0.350 e. The van der Waals surface area contributed by atoms with Crippen LogP contribution in [0.4, 0.5) is 0 Å². The van der Waals surface area contributed by atoms with Gasteiger partial charge in [-0.05, 0) is 24.5 Å². The van der Waals surface area contributed by atoms with Crippen molar-refractivity contribution in [2.45, 2.75) is 38.2 Å². The Kier molecular flexibility index (Phi) is 5.03. The average Bonchev–Trinajstić information content (AvgIpc) is 2.51. The van der Waals surface area contributed by atoms with Gasteiger partial charge in [0, 0.05) is 12.7 Å². The van der Waals surface area contributed by atoms with E-state index in [-0.39, 0.29) is 23.6 Å². The lowest BCUT2D eigenvalue weighted by molar-refractivity contribution is -0.168. The van der Waals surface area contributed by atoms with Crippen LogP contribution in [-0.2, 0) is 26.3 Å². The molecule has 1 atom stereocenters. The second kappa shape index (κ2) is 6.79. The molecule has 1 aliphatic carbocycles. The van der Waals surface area contributed by atoms with E-state index in [9.17, 15) is 14.7 Å². The van der Waals surface area contributed by atoms with Crippen LogP contribution in [0.2, 0.25) is 0 Å². The molecule has 1 aromatic heterocycles. The molecule has 6 nitrogen and oxygen atoms in total. The average molecular weight is 307 g/mol. The molecule has 22 heavy (non-hydrogen) atoms. The molecular weight excluding hydrogens is 286 g/mol. The Morgan fingerprint density at radius 2 is 2.18 bits per heavy atom. The Bertz CT molecular complexity index is 634. The fraction of sp³-hybridized carbons (Fsp3) is 0.500. The Hall–Kier alpha value is -2.08. The Morgan fingerprint density at radius 1 is 1.41 bits per heavy atom. The molecule has 6 heteroatoms. The molecule has 0 aliphatic heterocycles. The molecule has 0 aromatic carbocycles. The number of carboxylic acid groups (broad SMARTS) is 1. The number of aliphatic carboxylic acids is 1. The van der Waals surface area contributed by atoms with Gasteiger partial charge >= 0.3 is 5.97 Å². The van der Waals surface area contributed by atoms with E-state index in [1.165, 1.54) is 13.2 Å². The van der Waals surface area contributed by atoms with E-state index < -0.39 is 11.6 Å². The van der Waals surface area contributed by atoms with Gasteiger partial charge in [0.05, 0.1) is 12.8 Å².